The van der Waals surface area contributed by atoms with Crippen LogP contribution in [0.3, 0.4) is 0 Å². The number of aliphatic hydroxyl groups is 3. The number of azide groups is 1. The molecule has 3 N–H and O–H groups in total. The molecule has 1 fully saturated rings. The molecule has 1 heterocycles. The second-order valence-electron chi connectivity index (χ2n) is 8.64. The van der Waals surface area contributed by atoms with Gasteiger partial charge in [0.25, 0.3) is 0 Å². The molecule has 0 bridgehead atoms. The number of aliphatic hydroxyl groups excluding tert-OH is 3. The van der Waals surface area contributed by atoms with Gasteiger partial charge in [-0.15, -0.1) is 0 Å². The van der Waals surface area contributed by atoms with E-state index in [-0.39, 0.29) is 31.4 Å². The Morgan fingerprint density at radius 3 is 2.17 bits per heavy atom. The standard InChI is InChI=1S/C18H37N3O8Si/c1-18(2,3)30(4,5)28-12-13-14(22)15(23)16(24)17(29-13)27-11-10-26-9-8-25-7-6-20-21-19/h13-17,22-24H,6-12H2,1-5H3/t13-,14-,15+,16+,17?/m1/s1. The minimum Gasteiger partial charge on any atom is -0.414 e. The fourth-order valence-corrected chi connectivity index (χ4v) is 3.41. The lowest BCUT2D eigenvalue weighted by molar-refractivity contribution is -0.301. The normalized spacial score (nSPS) is 27.7. The molecule has 0 amide bonds. The highest BCUT2D eigenvalue weighted by atomic mass is 28.4. The maximum atomic E-state index is 10.3. The van der Waals surface area contributed by atoms with Gasteiger partial charge in [-0.3, -0.25) is 0 Å². The maximum absolute atomic E-state index is 10.3. The summed E-state index contributed by atoms with van der Waals surface area (Å²) in [5.41, 5.74) is 8.14. The van der Waals surface area contributed by atoms with Crippen LogP contribution >= 0.6 is 0 Å². The fourth-order valence-electron chi connectivity index (χ4n) is 2.39. The van der Waals surface area contributed by atoms with E-state index in [9.17, 15) is 15.3 Å². The molecule has 0 aromatic carbocycles. The molecule has 5 atom stereocenters. The van der Waals surface area contributed by atoms with E-state index in [1.807, 2.05) is 0 Å². The molecule has 0 aromatic rings. The third-order valence-corrected chi connectivity index (χ3v) is 9.86. The zero-order chi connectivity index (χ0) is 22.8. The predicted octanol–water partition coefficient (Wildman–Crippen LogP) is 1.18. The number of nitrogens with zero attached hydrogens (tertiary/aromatic N) is 3. The average molecular weight is 452 g/mol. The summed E-state index contributed by atoms with van der Waals surface area (Å²) in [6, 6.07) is 0. The Labute approximate surface area is 179 Å². The molecule has 11 nitrogen and oxygen atoms in total. The summed E-state index contributed by atoms with van der Waals surface area (Å²) in [7, 11) is -2.07. The molecule has 0 aromatic heterocycles. The van der Waals surface area contributed by atoms with Crippen LogP contribution in [0.15, 0.2) is 5.11 Å². The molecule has 1 rings (SSSR count). The van der Waals surface area contributed by atoms with E-state index in [2.05, 4.69) is 43.9 Å². The molecular weight excluding hydrogens is 414 g/mol. The first-order valence-electron chi connectivity index (χ1n) is 10.1. The minimum atomic E-state index is -2.07. The van der Waals surface area contributed by atoms with Gasteiger partial charge in [-0.1, -0.05) is 25.9 Å². The van der Waals surface area contributed by atoms with E-state index in [1.165, 1.54) is 0 Å². The number of ether oxygens (including phenoxy) is 4. The van der Waals surface area contributed by atoms with Crippen molar-refractivity contribution in [2.45, 2.75) is 69.6 Å². The van der Waals surface area contributed by atoms with Crippen LogP contribution in [0.5, 0.6) is 0 Å². The molecule has 1 unspecified atom stereocenters. The van der Waals surface area contributed by atoms with Crippen LogP contribution in [0.1, 0.15) is 20.8 Å². The lowest BCUT2D eigenvalue weighted by atomic mass is 9.99. The van der Waals surface area contributed by atoms with Gasteiger partial charge in [0.15, 0.2) is 14.6 Å². The van der Waals surface area contributed by atoms with Gasteiger partial charge in [0.1, 0.15) is 24.4 Å². The van der Waals surface area contributed by atoms with Crippen molar-refractivity contribution in [2.24, 2.45) is 5.11 Å². The summed E-state index contributed by atoms with van der Waals surface area (Å²) in [4.78, 5) is 2.62. The number of hydrogen-bond donors (Lipinski definition) is 3. The fraction of sp³-hybridized carbons (Fsp3) is 1.00. The van der Waals surface area contributed by atoms with E-state index < -0.39 is 39.0 Å². The van der Waals surface area contributed by atoms with Crippen molar-refractivity contribution >= 4 is 8.32 Å². The van der Waals surface area contributed by atoms with Gasteiger partial charge in [0.05, 0.1) is 39.6 Å². The molecule has 30 heavy (non-hydrogen) atoms. The highest BCUT2D eigenvalue weighted by molar-refractivity contribution is 6.74. The van der Waals surface area contributed by atoms with Crippen molar-refractivity contribution < 1.29 is 38.7 Å². The van der Waals surface area contributed by atoms with Gasteiger partial charge in [-0.05, 0) is 23.7 Å². The monoisotopic (exact) mass is 451 g/mol. The average Bonchev–Trinajstić information content (AvgIpc) is 2.67. The lowest BCUT2D eigenvalue weighted by Crippen LogP contribution is -2.60. The van der Waals surface area contributed by atoms with Crippen molar-refractivity contribution in [3.8, 4) is 0 Å². The van der Waals surface area contributed by atoms with Crippen molar-refractivity contribution in [3.05, 3.63) is 10.4 Å². The summed E-state index contributed by atoms with van der Waals surface area (Å²) < 4.78 is 27.8. The van der Waals surface area contributed by atoms with Crippen LogP contribution in [0.25, 0.3) is 10.4 Å². The first-order chi connectivity index (χ1) is 14.0. The smallest absolute Gasteiger partial charge is 0.192 e. The number of rotatable bonds is 13. The Hall–Kier alpha value is -0.793. The largest absolute Gasteiger partial charge is 0.414 e. The highest BCUT2D eigenvalue weighted by Crippen LogP contribution is 2.37. The lowest BCUT2D eigenvalue weighted by Gasteiger charge is -2.42. The molecule has 0 saturated carbocycles. The van der Waals surface area contributed by atoms with Crippen molar-refractivity contribution in [1.82, 2.24) is 0 Å². The van der Waals surface area contributed by atoms with Crippen LogP contribution in [-0.2, 0) is 23.4 Å². The molecule has 1 aliphatic rings. The van der Waals surface area contributed by atoms with Crippen molar-refractivity contribution in [2.75, 3.05) is 46.2 Å². The van der Waals surface area contributed by atoms with Gasteiger partial charge in [0.2, 0.25) is 0 Å². The van der Waals surface area contributed by atoms with E-state index in [0.717, 1.165) is 0 Å². The molecule has 1 saturated heterocycles. The molecule has 12 heteroatoms. The number of hydrogen-bond acceptors (Lipinski definition) is 9. The van der Waals surface area contributed by atoms with E-state index in [1.54, 1.807) is 0 Å². The minimum absolute atomic E-state index is 0.00929. The first kappa shape index (κ1) is 27.2. The Balaban J connectivity index is 2.37. The summed E-state index contributed by atoms with van der Waals surface area (Å²) in [6.45, 7) is 12.2. The maximum Gasteiger partial charge on any atom is 0.192 e. The van der Waals surface area contributed by atoms with Crippen LogP contribution in [0.4, 0.5) is 0 Å². The van der Waals surface area contributed by atoms with Gasteiger partial charge < -0.3 is 38.7 Å². The van der Waals surface area contributed by atoms with Crippen LogP contribution in [0.2, 0.25) is 18.1 Å². The predicted molar refractivity (Wildman–Crippen MR) is 111 cm³/mol. The zero-order valence-electron chi connectivity index (χ0n) is 18.6. The second kappa shape index (κ2) is 12.9. The summed E-state index contributed by atoms with van der Waals surface area (Å²) in [5, 5.41) is 33.9. The quantitative estimate of drug-likeness (QED) is 0.124. The summed E-state index contributed by atoms with van der Waals surface area (Å²) in [6.07, 6.45) is -5.97. The first-order valence-corrected chi connectivity index (χ1v) is 13.0. The molecule has 0 spiro atoms. The van der Waals surface area contributed by atoms with Gasteiger partial charge in [-0.2, -0.15) is 0 Å². The van der Waals surface area contributed by atoms with E-state index in [0.29, 0.717) is 19.8 Å². The Morgan fingerprint density at radius 2 is 1.57 bits per heavy atom. The topological polar surface area (TPSA) is 156 Å². The van der Waals surface area contributed by atoms with Gasteiger partial charge in [0, 0.05) is 11.5 Å². The third-order valence-electron chi connectivity index (χ3n) is 5.36. The summed E-state index contributed by atoms with van der Waals surface area (Å²) >= 11 is 0. The van der Waals surface area contributed by atoms with Gasteiger partial charge in [-0.25, -0.2) is 0 Å². The molecule has 176 valence electrons. The van der Waals surface area contributed by atoms with Crippen LogP contribution in [0, 0.1) is 0 Å². The zero-order valence-corrected chi connectivity index (χ0v) is 19.6. The second-order valence-corrected chi connectivity index (χ2v) is 13.4. The summed E-state index contributed by atoms with van der Waals surface area (Å²) in [5.74, 6) is 0. The van der Waals surface area contributed by atoms with Gasteiger partial charge >= 0.3 is 0 Å². The Bertz CT molecular complexity index is 542. The molecule has 1 aliphatic heterocycles. The van der Waals surface area contributed by atoms with E-state index >= 15 is 0 Å². The van der Waals surface area contributed by atoms with E-state index in [4.69, 9.17) is 28.9 Å². The van der Waals surface area contributed by atoms with Crippen LogP contribution < -0.4 is 0 Å². The Morgan fingerprint density at radius 1 is 0.967 bits per heavy atom. The molecular formula is C18H37N3O8Si. The van der Waals surface area contributed by atoms with Crippen LogP contribution in [-0.4, -0.2) is 101 Å². The van der Waals surface area contributed by atoms with Crippen molar-refractivity contribution in [3.63, 3.8) is 0 Å². The molecule has 0 aliphatic carbocycles. The van der Waals surface area contributed by atoms with Crippen molar-refractivity contribution in [1.29, 1.82) is 0 Å². The Kier molecular flexibility index (Phi) is 11.7. The highest BCUT2D eigenvalue weighted by Gasteiger charge is 2.46. The molecule has 0 radical (unpaired) electrons. The SMILES string of the molecule is CC(C)(C)[Si](C)(C)OC[C@H]1OC(OCCOCCOCCN=[N+]=[N-])[C@@H](O)[C@@H](O)[C@@H]1O. The third kappa shape index (κ3) is 8.75.